The zero-order valence-electron chi connectivity index (χ0n) is 7.11. The van der Waals surface area contributed by atoms with E-state index in [2.05, 4.69) is 9.97 Å². The molecule has 0 aliphatic heterocycles. The lowest BCUT2D eigenvalue weighted by Crippen LogP contribution is -1.89. The zero-order chi connectivity index (χ0) is 9.97. The predicted molar refractivity (Wildman–Crippen MR) is 52.4 cm³/mol. The molecule has 0 fully saturated rings. The lowest BCUT2D eigenvalue weighted by atomic mass is 10.1. The minimum Gasteiger partial charge on any atom is -0.243 e. The smallest absolute Gasteiger partial charge is 0.132 e. The van der Waals surface area contributed by atoms with Crippen molar-refractivity contribution in [2.24, 2.45) is 0 Å². The maximum atomic E-state index is 13.3. The van der Waals surface area contributed by atoms with Crippen LogP contribution in [-0.2, 0) is 0 Å². The van der Waals surface area contributed by atoms with Gasteiger partial charge in [-0.3, -0.25) is 0 Å². The summed E-state index contributed by atoms with van der Waals surface area (Å²) >= 11 is 5.84. The molecule has 0 bridgehead atoms. The highest BCUT2D eigenvalue weighted by molar-refractivity contribution is 6.32. The van der Waals surface area contributed by atoms with Gasteiger partial charge in [-0.05, 0) is 12.1 Å². The average molecular weight is 209 g/mol. The Morgan fingerprint density at radius 1 is 1.21 bits per heavy atom. The molecule has 1 aromatic heterocycles. The van der Waals surface area contributed by atoms with Crippen LogP contribution >= 0.6 is 11.6 Å². The molecule has 0 atom stereocenters. The van der Waals surface area contributed by atoms with Crippen molar-refractivity contribution in [2.75, 3.05) is 0 Å². The van der Waals surface area contributed by atoms with Crippen molar-refractivity contribution in [3.63, 3.8) is 0 Å². The summed E-state index contributed by atoms with van der Waals surface area (Å²) < 4.78 is 13.3. The molecule has 70 valence electrons. The number of hydrogen-bond acceptors (Lipinski definition) is 2. The van der Waals surface area contributed by atoms with Gasteiger partial charge in [-0.1, -0.05) is 23.7 Å². The van der Waals surface area contributed by atoms with Gasteiger partial charge in [0.25, 0.3) is 0 Å². The Hall–Kier alpha value is -1.48. The first-order valence-electron chi connectivity index (χ1n) is 3.99. The van der Waals surface area contributed by atoms with Crippen LogP contribution in [0.25, 0.3) is 11.3 Å². The molecule has 1 aromatic carbocycles. The van der Waals surface area contributed by atoms with E-state index in [4.69, 9.17) is 11.6 Å². The fraction of sp³-hybridized carbons (Fsp3) is 0. The first-order valence-corrected chi connectivity index (χ1v) is 4.37. The first kappa shape index (κ1) is 9.09. The van der Waals surface area contributed by atoms with E-state index < -0.39 is 0 Å². The molecule has 0 aliphatic carbocycles. The second-order valence-electron chi connectivity index (χ2n) is 2.70. The summed E-state index contributed by atoms with van der Waals surface area (Å²) in [5.41, 5.74) is 0.805. The van der Waals surface area contributed by atoms with Crippen LogP contribution in [0.3, 0.4) is 0 Å². The van der Waals surface area contributed by atoms with E-state index in [1.807, 2.05) is 0 Å². The summed E-state index contributed by atoms with van der Waals surface area (Å²) in [6.45, 7) is 0. The quantitative estimate of drug-likeness (QED) is 0.720. The van der Waals surface area contributed by atoms with Gasteiger partial charge in [0.05, 0.1) is 10.7 Å². The van der Waals surface area contributed by atoms with Gasteiger partial charge in [0.15, 0.2) is 0 Å². The van der Waals surface area contributed by atoms with Crippen LogP contribution in [-0.4, -0.2) is 9.97 Å². The Morgan fingerprint density at radius 3 is 2.71 bits per heavy atom. The van der Waals surface area contributed by atoms with Crippen molar-refractivity contribution in [3.8, 4) is 11.3 Å². The lowest BCUT2D eigenvalue weighted by molar-refractivity contribution is 0.630. The van der Waals surface area contributed by atoms with E-state index in [0.29, 0.717) is 16.3 Å². The molecule has 0 N–H and O–H groups in total. The van der Waals surface area contributed by atoms with Crippen LogP contribution in [0.4, 0.5) is 4.39 Å². The van der Waals surface area contributed by atoms with Crippen LogP contribution in [0.2, 0.25) is 5.02 Å². The van der Waals surface area contributed by atoms with Gasteiger partial charge in [-0.15, -0.1) is 0 Å². The third kappa shape index (κ3) is 1.59. The fourth-order valence-electron chi connectivity index (χ4n) is 1.16. The highest BCUT2D eigenvalue weighted by atomic mass is 35.5. The number of aromatic nitrogens is 2. The molecule has 0 unspecified atom stereocenters. The molecule has 2 rings (SSSR count). The third-order valence-electron chi connectivity index (χ3n) is 1.80. The maximum Gasteiger partial charge on any atom is 0.132 e. The topological polar surface area (TPSA) is 25.8 Å². The Kier molecular flexibility index (Phi) is 2.41. The molecule has 1 heterocycles. The number of hydrogen-bond donors (Lipinski definition) is 0. The van der Waals surface area contributed by atoms with Gasteiger partial charge in [0.1, 0.15) is 12.1 Å². The van der Waals surface area contributed by atoms with Gasteiger partial charge in [-0.2, -0.15) is 0 Å². The van der Waals surface area contributed by atoms with Gasteiger partial charge in [0.2, 0.25) is 0 Å². The molecular weight excluding hydrogens is 203 g/mol. The molecule has 14 heavy (non-hydrogen) atoms. The maximum absolute atomic E-state index is 13.3. The van der Waals surface area contributed by atoms with Crippen molar-refractivity contribution >= 4 is 11.6 Å². The second kappa shape index (κ2) is 3.72. The van der Waals surface area contributed by atoms with Crippen molar-refractivity contribution in [1.29, 1.82) is 0 Å². The first-order chi connectivity index (χ1) is 6.79. The Bertz CT molecular complexity index is 416. The van der Waals surface area contributed by atoms with Crippen molar-refractivity contribution in [2.45, 2.75) is 0 Å². The molecule has 4 heteroatoms. The molecule has 0 amide bonds. The van der Waals surface area contributed by atoms with Crippen LogP contribution in [0, 0.1) is 5.82 Å². The van der Waals surface area contributed by atoms with Crippen molar-refractivity contribution in [3.05, 3.63) is 47.6 Å². The minimum atomic E-state index is -0.340. The van der Waals surface area contributed by atoms with E-state index in [0.717, 1.165) is 0 Å². The number of rotatable bonds is 1. The zero-order valence-corrected chi connectivity index (χ0v) is 7.87. The van der Waals surface area contributed by atoms with Crippen LogP contribution in [0.1, 0.15) is 0 Å². The van der Waals surface area contributed by atoms with E-state index in [1.54, 1.807) is 18.2 Å². The summed E-state index contributed by atoms with van der Waals surface area (Å²) in [5, 5.41) is 0.345. The van der Waals surface area contributed by atoms with Gasteiger partial charge in [-0.25, -0.2) is 14.4 Å². The molecule has 2 nitrogen and oxygen atoms in total. The Balaban J connectivity index is 2.61. The summed E-state index contributed by atoms with van der Waals surface area (Å²) in [6, 6.07) is 6.35. The predicted octanol–water partition coefficient (Wildman–Crippen LogP) is 2.94. The number of halogens is 2. The number of nitrogens with zero attached hydrogens (tertiary/aromatic N) is 2. The SMILES string of the molecule is Fc1ccccc1-c1ncncc1Cl. The van der Waals surface area contributed by atoms with Crippen LogP contribution in [0.15, 0.2) is 36.8 Å². The molecular formula is C10H6ClFN2. The van der Waals surface area contributed by atoms with Crippen LogP contribution < -0.4 is 0 Å². The standard InChI is InChI=1S/C10H6ClFN2/c11-8-5-13-6-14-10(8)7-3-1-2-4-9(7)12/h1-6H. The summed E-state index contributed by atoms with van der Waals surface area (Å²) in [4.78, 5) is 7.66. The summed E-state index contributed by atoms with van der Waals surface area (Å²) in [6.07, 6.45) is 2.78. The van der Waals surface area contributed by atoms with E-state index >= 15 is 0 Å². The summed E-state index contributed by atoms with van der Waals surface area (Å²) in [5.74, 6) is -0.340. The monoisotopic (exact) mass is 208 g/mol. The van der Waals surface area contributed by atoms with Gasteiger partial charge in [0, 0.05) is 11.8 Å². The van der Waals surface area contributed by atoms with Crippen molar-refractivity contribution < 1.29 is 4.39 Å². The molecule has 0 radical (unpaired) electrons. The molecule has 2 aromatic rings. The highest BCUT2D eigenvalue weighted by Crippen LogP contribution is 2.26. The van der Waals surface area contributed by atoms with Crippen LogP contribution in [0.5, 0.6) is 0 Å². The highest BCUT2D eigenvalue weighted by Gasteiger charge is 2.08. The van der Waals surface area contributed by atoms with E-state index in [9.17, 15) is 4.39 Å². The summed E-state index contributed by atoms with van der Waals surface area (Å²) in [7, 11) is 0. The molecule has 0 saturated heterocycles. The largest absolute Gasteiger partial charge is 0.243 e. The lowest BCUT2D eigenvalue weighted by Gasteiger charge is -2.02. The Morgan fingerprint density at radius 2 is 2.00 bits per heavy atom. The van der Waals surface area contributed by atoms with E-state index in [1.165, 1.54) is 18.6 Å². The Labute approximate surface area is 85.4 Å². The van der Waals surface area contributed by atoms with Crippen molar-refractivity contribution in [1.82, 2.24) is 9.97 Å². The molecule has 0 spiro atoms. The fourth-order valence-corrected chi connectivity index (χ4v) is 1.37. The minimum absolute atomic E-state index is 0.340. The average Bonchev–Trinajstić information content (AvgIpc) is 2.20. The molecule has 0 saturated carbocycles. The molecule has 0 aliphatic rings. The second-order valence-corrected chi connectivity index (χ2v) is 3.11. The third-order valence-corrected chi connectivity index (χ3v) is 2.07. The normalized spacial score (nSPS) is 10.1. The van der Waals surface area contributed by atoms with E-state index in [-0.39, 0.29) is 5.82 Å². The number of benzene rings is 1. The van der Waals surface area contributed by atoms with Gasteiger partial charge < -0.3 is 0 Å². The van der Waals surface area contributed by atoms with Gasteiger partial charge >= 0.3 is 0 Å².